The monoisotopic (exact) mass is 333 g/mol. The molecule has 8 heteroatoms. The van der Waals surface area contributed by atoms with Gasteiger partial charge in [-0.15, -0.1) is 12.4 Å². The molecule has 0 unspecified atom stereocenters. The van der Waals surface area contributed by atoms with Gasteiger partial charge in [0.1, 0.15) is 6.04 Å². The molecular weight excluding hydrogens is 326 g/mol. The Balaban J connectivity index is 0.00000144. The van der Waals surface area contributed by atoms with Crippen LogP contribution in [0, 0.1) is 0 Å². The normalized spacial score (nSPS) is 15.4. The summed E-state index contributed by atoms with van der Waals surface area (Å²) in [6, 6.07) is 0.616. The molecule has 17 heavy (non-hydrogen) atoms. The number of fused-ring (bicyclic) bond motifs is 1. The molecule has 1 heterocycles. The zero-order valence-electron chi connectivity index (χ0n) is 8.25. The standard InChI is InChI=1S/C9H7BrF3NO2.ClH/c10-5-2-7-6(15-3-16-7)1-4(5)8(14)9(11,12)13;/h1-2,8H,3,14H2;1H/t8-;/m1./s1. The highest BCUT2D eigenvalue weighted by atomic mass is 79.9. The first-order valence-corrected chi connectivity index (χ1v) is 5.10. The maximum atomic E-state index is 12.4. The van der Waals surface area contributed by atoms with Crippen molar-refractivity contribution in [3.05, 3.63) is 22.2 Å². The van der Waals surface area contributed by atoms with E-state index in [1.165, 1.54) is 12.1 Å². The first-order valence-electron chi connectivity index (χ1n) is 4.31. The molecule has 1 aliphatic rings. The third-order valence-electron chi connectivity index (χ3n) is 2.18. The Kier molecular flexibility index (Phi) is 4.16. The third kappa shape index (κ3) is 2.78. The average Bonchev–Trinajstić information content (AvgIpc) is 2.60. The van der Waals surface area contributed by atoms with Crippen LogP contribution >= 0.6 is 28.3 Å². The van der Waals surface area contributed by atoms with Gasteiger partial charge in [-0.05, 0) is 17.7 Å². The Labute approximate surface area is 110 Å². The molecule has 1 aromatic rings. The topological polar surface area (TPSA) is 44.5 Å². The smallest absolute Gasteiger partial charge is 0.407 e. The summed E-state index contributed by atoms with van der Waals surface area (Å²) in [5, 5.41) is 0. The minimum atomic E-state index is -4.49. The molecule has 0 amide bonds. The molecule has 1 atom stereocenters. The Morgan fingerprint density at radius 3 is 2.29 bits per heavy atom. The highest BCUT2D eigenvalue weighted by Gasteiger charge is 2.39. The van der Waals surface area contributed by atoms with Crippen molar-refractivity contribution in [2.75, 3.05) is 6.79 Å². The fourth-order valence-corrected chi connectivity index (χ4v) is 1.92. The predicted molar refractivity (Wildman–Crippen MR) is 60.5 cm³/mol. The molecule has 0 fully saturated rings. The summed E-state index contributed by atoms with van der Waals surface area (Å²) in [5.74, 6) is 0.683. The van der Waals surface area contributed by atoms with Gasteiger partial charge in [-0.1, -0.05) is 15.9 Å². The van der Waals surface area contributed by atoms with E-state index in [2.05, 4.69) is 15.9 Å². The van der Waals surface area contributed by atoms with E-state index < -0.39 is 12.2 Å². The fraction of sp³-hybridized carbons (Fsp3) is 0.333. The van der Waals surface area contributed by atoms with E-state index in [9.17, 15) is 13.2 Å². The van der Waals surface area contributed by atoms with Crippen LogP contribution in [0.15, 0.2) is 16.6 Å². The lowest BCUT2D eigenvalue weighted by Crippen LogP contribution is -2.28. The van der Waals surface area contributed by atoms with E-state index in [-0.39, 0.29) is 35.0 Å². The van der Waals surface area contributed by atoms with Gasteiger partial charge in [0.15, 0.2) is 11.5 Å². The summed E-state index contributed by atoms with van der Waals surface area (Å²) in [4.78, 5) is 0. The van der Waals surface area contributed by atoms with Crippen LogP contribution in [0.1, 0.15) is 11.6 Å². The number of hydrogen-bond donors (Lipinski definition) is 1. The van der Waals surface area contributed by atoms with Gasteiger partial charge in [-0.2, -0.15) is 13.2 Å². The van der Waals surface area contributed by atoms with Gasteiger partial charge in [0.25, 0.3) is 0 Å². The number of halogens is 5. The molecule has 0 bridgehead atoms. The zero-order valence-corrected chi connectivity index (χ0v) is 10.7. The molecular formula is C9H8BrClF3NO2. The summed E-state index contributed by atoms with van der Waals surface area (Å²) >= 11 is 3.03. The Hall–Kier alpha value is -0.660. The van der Waals surface area contributed by atoms with Crippen LogP contribution in [0.2, 0.25) is 0 Å². The number of nitrogens with two attached hydrogens (primary N) is 1. The van der Waals surface area contributed by atoms with Gasteiger partial charge in [0, 0.05) is 4.47 Å². The van der Waals surface area contributed by atoms with E-state index in [1.54, 1.807) is 0 Å². The maximum Gasteiger partial charge on any atom is 0.407 e. The Morgan fingerprint density at radius 1 is 1.24 bits per heavy atom. The lowest BCUT2D eigenvalue weighted by atomic mass is 10.1. The van der Waals surface area contributed by atoms with Crippen molar-refractivity contribution in [3.8, 4) is 11.5 Å². The number of hydrogen-bond acceptors (Lipinski definition) is 3. The second-order valence-corrected chi connectivity index (χ2v) is 4.10. The molecule has 0 radical (unpaired) electrons. The molecule has 2 N–H and O–H groups in total. The highest BCUT2D eigenvalue weighted by Crippen LogP contribution is 2.42. The van der Waals surface area contributed by atoms with Crippen LogP contribution in [0.4, 0.5) is 13.2 Å². The van der Waals surface area contributed by atoms with Gasteiger partial charge >= 0.3 is 6.18 Å². The summed E-state index contributed by atoms with van der Waals surface area (Å²) < 4.78 is 47.6. The molecule has 0 aromatic heterocycles. The number of alkyl halides is 3. The van der Waals surface area contributed by atoms with Crippen LogP contribution < -0.4 is 15.2 Å². The number of benzene rings is 1. The minimum absolute atomic E-state index is 0. The van der Waals surface area contributed by atoms with E-state index in [0.717, 1.165) is 0 Å². The molecule has 96 valence electrons. The molecule has 1 aliphatic heterocycles. The SMILES string of the molecule is Cl.N[C@H](c1cc2c(cc1Br)OCO2)C(F)(F)F. The van der Waals surface area contributed by atoms with Gasteiger partial charge in [-0.25, -0.2) is 0 Å². The molecule has 1 aromatic carbocycles. The largest absolute Gasteiger partial charge is 0.454 e. The van der Waals surface area contributed by atoms with Crippen molar-refractivity contribution in [1.82, 2.24) is 0 Å². The maximum absolute atomic E-state index is 12.4. The van der Waals surface area contributed by atoms with Gasteiger partial charge in [-0.3, -0.25) is 0 Å². The zero-order chi connectivity index (χ0) is 11.9. The summed E-state index contributed by atoms with van der Waals surface area (Å²) in [6.07, 6.45) is -4.49. The van der Waals surface area contributed by atoms with Gasteiger partial charge in [0.05, 0.1) is 0 Å². The average molecular weight is 335 g/mol. The summed E-state index contributed by atoms with van der Waals surface area (Å²) in [7, 11) is 0. The molecule has 0 aliphatic carbocycles. The van der Waals surface area contributed by atoms with Crippen LogP contribution in [0.25, 0.3) is 0 Å². The van der Waals surface area contributed by atoms with Crippen LogP contribution in [0.5, 0.6) is 11.5 Å². The lowest BCUT2D eigenvalue weighted by molar-refractivity contribution is -0.149. The molecule has 3 nitrogen and oxygen atoms in total. The van der Waals surface area contributed by atoms with Crippen LogP contribution in [-0.4, -0.2) is 13.0 Å². The van der Waals surface area contributed by atoms with Crippen molar-refractivity contribution in [2.45, 2.75) is 12.2 Å². The van der Waals surface area contributed by atoms with Crippen molar-refractivity contribution < 1.29 is 22.6 Å². The van der Waals surface area contributed by atoms with Crippen molar-refractivity contribution >= 4 is 28.3 Å². The molecule has 0 saturated heterocycles. The second kappa shape index (κ2) is 4.91. The predicted octanol–water partition coefficient (Wildman–Crippen LogP) is 3.16. The highest BCUT2D eigenvalue weighted by molar-refractivity contribution is 9.10. The number of rotatable bonds is 1. The second-order valence-electron chi connectivity index (χ2n) is 3.25. The van der Waals surface area contributed by atoms with Crippen LogP contribution in [0.3, 0.4) is 0 Å². The van der Waals surface area contributed by atoms with Crippen LogP contribution in [-0.2, 0) is 0 Å². The van der Waals surface area contributed by atoms with E-state index >= 15 is 0 Å². The van der Waals surface area contributed by atoms with Crippen molar-refractivity contribution in [1.29, 1.82) is 0 Å². The fourth-order valence-electron chi connectivity index (χ4n) is 1.35. The minimum Gasteiger partial charge on any atom is -0.454 e. The lowest BCUT2D eigenvalue weighted by Gasteiger charge is -2.17. The summed E-state index contributed by atoms with van der Waals surface area (Å²) in [6.45, 7) is 0.00643. The number of ether oxygens (including phenoxy) is 2. The molecule has 0 spiro atoms. The third-order valence-corrected chi connectivity index (χ3v) is 2.87. The molecule has 0 saturated carbocycles. The van der Waals surface area contributed by atoms with E-state index in [1.807, 2.05) is 0 Å². The van der Waals surface area contributed by atoms with Gasteiger partial charge < -0.3 is 15.2 Å². The first-order chi connectivity index (χ1) is 7.39. The van der Waals surface area contributed by atoms with Gasteiger partial charge in [0.2, 0.25) is 6.79 Å². The quantitative estimate of drug-likeness (QED) is 0.858. The summed E-state index contributed by atoms with van der Waals surface area (Å²) in [5.41, 5.74) is 5.04. The van der Waals surface area contributed by atoms with Crippen molar-refractivity contribution in [3.63, 3.8) is 0 Å². The van der Waals surface area contributed by atoms with E-state index in [0.29, 0.717) is 5.75 Å². The first kappa shape index (κ1) is 14.4. The van der Waals surface area contributed by atoms with Crippen molar-refractivity contribution in [2.24, 2.45) is 5.73 Å². The Morgan fingerprint density at radius 2 is 1.76 bits per heavy atom. The molecule has 2 rings (SSSR count). The Bertz CT molecular complexity index is 427. The van der Waals surface area contributed by atoms with E-state index in [4.69, 9.17) is 15.2 Å².